The van der Waals surface area contributed by atoms with Crippen molar-refractivity contribution in [2.45, 2.75) is 39.2 Å². The number of hydrogen-bond donors (Lipinski definition) is 1. The number of nitrogens with one attached hydrogen (secondary N) is 1. The van der Waals surface area contributed by atoms with E-state index in [1.807, 2.05) is 18.2 Å². The van der Waals surface area contributed by atoms with Crippen LogP contribution in [0.3, 0.4) is 0 Å². The number of rotatable bonds is 7. The van der Waals surface area contributed by atoms with Crippen LogP contribution in [0.15, 0.2) is 48.5 Å². The fourth-order valence-corrected chi connectivity index (χ4v) is 3.29. The van der Waals surface area contributed by atoms with Crippen LogP contribution in [0.4, 0.5) is 5.69 Å². The number of carbonyl (C=O) groups excluding carboxylic acids is 4. The molecule has 3 amide bonds. The third kappa shape index (κ3) is 4.25. The van der Waals surface area contributed by atoms with Crippen LogP contribution in [0.5, 0.6) is 0 Å². The van der Waals surface area contributed by atoms with Gasteiger partial charge in [0, 0.05) is 5.69 Å². The van der Waals surface area contributed by atoms with Crippen LogP contribution >= 0.6 is 0 Å². The number of nitrogens with zero attached hydrogens (tertiary/aromatic N) is 1. The van der Waals surface area contributed by atoms with E-state index in [0.717, 1.165) is 16.9 Å². The van der Waals surface area contributed by atoms with E-state index in [-0.39, 0.29) is 17.0 Å². The number of esters is 1. The highest BCUT2D eigenvalue weighted by Gasteiger charge is 2.37. The summed E-state index contributed by atoms with van der Waals surface area (Å²) in [6, 6.07) is 13.8. The van der Waals surface area contributed by atoms with Crippen LogP contribution in [0.2, 0.25) is 0 Å². The number of benzene rings is 2. The molecule has 1 N–H and O–H groups in total. The van der Waals surface area contributed by atoms with E-state index in [1.54, 1.807) is 18.2 Å². The minimum atomic E-state index is -1.09. The molecule has 0 spiro atoms. The highest BCUT2D eigenvalue weighted by Crippen LogP contribution is 2.27. The number of ether oxygens (including phenoxy) is 1. The van der Waals surface area contributed by atoms with Crippen LogP contribution in [0, 0.1) is 0 Å². The molecule has 7 nitrogen and oxygen atoms in total. The molecule has 1 aliphatic heterocycles. The molecular formula is C23H24N2O5. The number of amides is 3. The maximum atomic E-state index is 12.5. The Kier molecular flexibility index (Phi) is 6.30. The Hall–Kier alpha value is -3.48. The third-order valence-corrected chi connectivity index (χ3v) is 5.20. The van der Waals surface area contributed by atoms with Gasteiger partial charge in [-0.15, -0.1) is 0 Å². The zero-order chi connectivity index (χ0) is 21.8. The molecule has 0 bridgehead atoms. The summed E-state index contributed by atoms with van der Waals surface area (Å²) in [5.74, 6) is -2.16. The molecule has 2 aromatic carbocycles. The lowest BCUT2D eigenvalue weighted by molar-refractivity contribution is -0.153. The lowest BCUT2D eigenvalue weighted by atomic mass is 9.97. The average Bonchev–Trinajstić information content (AvgIpc) is 2.98. The van der Waals surface area contributed by atoms with Gasteiger partial charge in [0.2, 0.25) is 0 Å². The molecule has 0 saturated heterocycles. The monoisotopic (exact) mass is 408 g/mol. The van der Waals surface area contributed by atoms with Gasteiger partial charge in [-0.2, -0.15) is 0 Å². The minimum Gasteiger partial charge on any atom is -0.451 e. The molecule has 0 aromatic heterocycles. The Morgan fingerprint density at radius 3 is 2.13 bits per heavy atom. The molecule has 156 valence electrons. The molecule has 3 rings (SSSR count). The summed E-state index contributed by atoms with van der Waals surface area (Å²) < 4.78 is 5.17. The van der Waals surface area contributed by atoms with Crippen molar-refractivity contribution in [2.75, 3.05) is 11.9 Å². The molecule has 0 saturated carbocycles. The van der Waals surface area contributed by atoms with Gasteiger partial charge in [0.15, 0.2) is 6.10 Å². The number of fused-ring (bicyclic) bond motifs is 1. The smallest absolute Gasteiger partial charge is 0.326 e. The molecule has 0 unspecified atom stereocenters. The average molecular weight is 408 g/mol. The normalized spacial score (nSPS) is 14.8. The first-order valence-electron chi connectivity index (χ1n) is 9.88. The minimum absolute atomic E-state index is 0.253. The van der Waals surface area contributed by atoms with Gasteiger partial charge in [-0.1, -0.05) is 44.2 Å². The topological polar surface area (TPSA) is 92.8 Å². The highest BCUT2D eigenvalue weighted by atomic mass is 16.5. The summed E-state index contributed by atoms with van der Waals surface area (Å²) in [6.45, 7) is 5.03. The lowest BCUT2D eigenvalue weighted by Gasteiger charge is -2.19. The maximum Gasteiger partial charge on any atom is 0.326 e. The molecule has 7 heteroatoms. The van der Waals surface area contributed by atoms with Gasteiger partial charge in [-0.05, 0) is 43.0 Å². The first kappa shape index (κ1) is 21.2. The Bertz CT molecular complexity index is 966. The molecule has 0 fully saturated rings. The summed E-state index contributed by atoms with van der Waals surface area (Å²) in [6.07, 6.45) is -0.171. The summed E-state index contributed by atoms with van der Waals surface area (Å²) >= 11 is 0. The van der Waals surface area contributed by atoms with Gasteiger partial charge in [0.1, 0.15) is 6.54 Å². The van der Waals surface area contributed by atoms with E-state index >= 15 is 0 Å². The van der Waals surface area contributed by atoms with Crippen molar-refractivity contribution in [1.82, 2.24) is 4.90 Å². The quantitative estimate of drug-likeness (QED) is 0.560. The Morgan fingerprint density at radius 1 is 0.967 bits per heavy atom. The van der Waals surface area contributed by atoms with Gasteiger partial charge < -0.3 is 10.1 Å². The molecule has 1 heterocycles. The second-order valence-corrected chi connectivity index (χ2v) is 7.26. The maximum absolute atomic E-state index is 12.5. The fourth-order valence-electron chi connectivity index (χ4n) is 3.29. The first-order valence-corrected chi connectivity index (χ1v) is 9.88. The van der Waals surface area contributed by atoms with E-state index in [0.29, 0.717) is 5.69 Å². The number of imide groups is 1. The highest BCUT2D eigenvalue weighted by molar-refractivity contribution is 6.22. The van der Waals surface area contributed by atoms with Crippen LogP contribution in [-0.4, -0.2) is 41.2 Å². The van der Waals surface area contributed by atoms with Crippen molar-refractivity contribution in [3.63, 3.8) is 0 Å². The molecular weight excluding hydrogens is 384 g/mol. The van der Waals surface area contributed by atoms with Gasteiger partial charge in [-0.3, -0.25) is 24.1 Å². The van der Waals surface area contributed by atoms with E-state index in [4.69, 9.17) is 4.74 Å². The third-order valence-electron chi connectivity index (χ3n) is 5.20. The van der Waals surface area contributed by atoms with Crippen LogP contribution in [-0.2, 0) is 14.3 Å². The number of hydrogen-bond acceptors (Lipinski definition) is 5. The largest absolute Gasteiger partial charge is 0.451 e. The zero-order valence-electron chi connectivity index (χ0n) is 17.2. The summed E-state index contributed by atoms with van der Waals surface area (Å²) in [4.78, 5) is 50.3. The van der Waals surface area contributed by atoms with Gasteiger partial charge in [-0.25, -0.2) is 0 Å². The van der Waals surface area contributed by atoms with Crippen LogP contribution in [0.25, 0.3) is 0 Å². The summed E-state index contributed by atoms with van der Waals surface area (Å²) in [5, 5.41) is 2.79. The van der Waals surface area contributed by atoms with Crippen molar-refractivity contribution in [1.29, 1.82) is 0 Å². The van der Waals surface area contributed by atoms with Gasteiger partial charge in [0.05, 0.1) is 11.1 Å². The second-order valence-electron chi connectivity index (χ2n) is 7.26. The SMILES string of the molecule is CC[C@H](C)c1ccccc1NC(=O)[C@H](C)OC(=O)CN1C(=O)c2ccccc2C1=O. The lowest BCUT2D eigenvalue weighted by Crippen LogP contribution is -2.38. The van der Waals surface area contributed by atoms with Crippen molar-refractivity contribution >= 4 is 29.4 Å². The summed E-state index contributed by atoms with van der Waals surface area (Å²) in [5.41, 5.74) is 2.17. The Balaban J connectivity index is 1.61. The first-order chi connectivity index (χ1) is 14.3. The Labute approximate surface area is 175 Å². The fraction of sp³-hybridized carbons (Fsp3) is 0.304. The summed E-state index contributed by atoms with van der Waals surface area (Å²) in [7, 11) is 0. The van der Waals surface area contributed by atoms with Crippen molar-refractivity contribution in [2.24, 2.45) is 0 Å². The molecule has 0 radical (unpaired) electrons. The van der Waals surface area contributed by atoms with Gasteiger partial charge in [0.25, 0.3) is 17.7 Å². The molecule has 2 aromatic rings. The molecule has 1 aliphatic rings. The predicted molar refractivity (Wildman–Crippen MR) is 111 cm³/mol. The van der Waals surface area contributed by atoms with Crippen LogP contribution < -0.4 is 5.32 Å². The van der Waals surface area contributed by atoms with Crippen molar-refractivity contribution in [3.8, 4) is 0 Å². The van der Waals surface area contributed by atoms with E-state index in [2.05, 4.69) is 19.2 Å². The van der Waals surface area contributed by atoms with E-state index in [9.17, 15) is 19.2 Å². The number of anilines is 1. The molecule has 30 heavy (non-hydrogen) atoms. The second kappa shape index (κ2) is 8.90. The number of carbonyl (C=O) groups is 4. The zero-order valence-corrected chi connectivity index (χ0v) is 17.2. The predicted octanol–water partition coefficient (Wildman–Crippen LogP) is 3.37. The van der Waals surface area contributed by atoms with Crippen molar-refractivity contribution < 1.29 is 23.9 Å². The number of para-hydroxylation sites is 1. The standard InChI is InChI=1S/C23H24N2O5/c1-4-14(2)16-9-7-8-12-19(16)24-21(27)15(3)30-20(26)13-25-22(28)17-10-5-6-11-18(17)23(25)29/h5-12,14-15H,4,13H2,1-3H3,(H,24,27)/t14-,15-/m0/s1. The molecule has 0 aliphatic carbocycles. The molecule has 2 atom stereocenters. The van der Waals surface area contributed by atoms with Crippen LogP contribution in [0.1, 0.15) is 59.4 Å². The van der Waals surface area contributed by atoms with E-state index in [1.165, 1.54) is 19.1 Å². The van der Waals surface area contributed by atoms with Gasteiger partial charge >= 0.3 is 5.97 Å². The van der Waals surface area contributed by atoms with E-state index < -0.39 is 36.3 Å². The Morgan fingerprint density at radius 2 is 1.53 bits per heavy atom. The van der Waals surface area contributed by atoms with Crippen molar-refractivity contribution in [3.05, 3.63) is 65.2 Å².